The molecule has 0 radical (unpaired) electrons. The van der Waals surface area contributed by atoms with Gasteiger partial charge in [-0.3, -0.25) is 9.69 Å². The highest BCUT2D eigenvalue weighted by Crippen LogP contribution is 2.23. The Labute approximate surface area is 173 Å². The Morgan fingerprint density at radius 3 is 2.73 bits per heavy atom. The van der Waals surface area contributed by atoms with Crippen molar-refractivity contribution in [3.05, 3.63) is 60.2 Å². The number of aromatic nitrogens is 2. The summed E-state index contributed by atoms with van der Waals surface area (Å²) in [4.78, 5) is 19.2. The van der Waals surface area contributed by atoms with Gasteiger partial charge >= 0.3 is 0 Å². The van der Waals surface area contributed by atoms with Gasteiger partial charge in [0.2, 0.25) is 5.91 Å². The van der Waals surface area contributed by atoms with Gasteiger partial charge in [-0.1, -0.05) is 11.2 Å². The minimum atomic E-state index is -0.309. The number of anilines is 1. The maximum atomic E-state index is 13.1. The number of methoxy groups -OCH3 is 1. The second-order valence-electron chi connectivity index (χ2n) is 7.29. The van der Waals surface area contributed by atoms with Gasteiger partial charge in [0.25, 0.3) is 5.89 Å². The van der Waals surface area contributed by atoms with Crippen molar-refractivity contribution in [3.8, 4) is 17.2 Å². The second-order valence-corrected chi connectivity index (χ2v) is 7.29. The zero-order valence-electron chi connectivity index (χ0n) is 16.7. The third-order valence-electron chi connectivity index (χ3n) is 5.22. The molecule has 2 aromatic carbocycles. The molecule has 0 aliphatic carbocycles. The fraction of sp³-hybridized carbons (Fsp3) is 0.318. The van der Waals surface area contributed by atoms with Crippen molar-refractivity contribution < 1.29 is 18.4 Å². The first-order valence-electron chi connectivity index (χ1n) is 9.86. The smallest absolute Gasteiger partial charge is 0.257 e. The predicted molar refractivity (Wildman–Crippen MR) is 109 cm³/mol. The molecular formula is C22H23FN4O3. The highest BCUT2D eigenvalue weighted by Gasteiger charge is 2.26. The van der Waals surface area contributed by atoms with Gasteiger partial charge in [-0.05, 0) is 62.3 Å². The van der Waals surface area contributed by atoms with E-state index in [0.717, 1.165) is 31.6 Å². The number of likely N-dealkylation sites (tertiary alicyclic amines) is 1. The van der Waals surface area contributed by atoms with Crippen LogP contribution < -0.4 is 10.1 Å². The second kappa shape index (κ2) is 9.04. The number of halogens is 1. The summed E-state index contributed by atoms with van der Waals surface area (Å²) in [6, 6.07) is 13.3. The zero-order chi connectivity index (χ0) is 20.9. The number of carbonyl (C=O) groups is 1. The molecule has 1 fully saturated rings. The number of piperidine rings is 1. The summed E-state index contributed by atoms with van der Waals surface area (Å²) in [5.74, 6) is 1.35. The topological polar surface area (TPSA) is 80.5 Å². The third kappa shape index (κ3) is 4.83. The molecule has 1 aliphatic heterocycles. The SMILES string of the molecule is COc1cccc(NC(=O)C2CCN(Cc3noc(-c4ccc(F)cc4)n3)CC2)c1. The van der Waals surface area contributed by atoms with Crippen molar-refractivity contribution >= 4 is 11.6 Å². The van der Waals surface area contributed by atoms with Crippen LogP contribution in [-0.2, 0) is 11.3 Å². The molecule has 1 saturated heterocycles. The van der Waals surface area contributed by atoms with Crippen molar-refractivity contribution in [2.75, 3.05) is 25.5 Å². The van der Waals surface area contributed by atoms with Crippen molar-refractivity contribution in [2.45, 2.75) is 19.4 Å². The maximum Gasteiger partial charge on any atom is 0.257 e. The molecule has 2 heterocycles. The van der Waals surface area contributed by atoms with Crippen molar-refractivity contribution in [1.29, 1.82) is 0 Å². The minimum absolute atomic E-state index is 0.0288. The highest BCUT2D eigenvalue weighted by molar-refractivity contribution is 5.92. The molecule has 7 nitrogen and oxygen atoms in total. The van der Waals surface area contributed by atoms with Crippen LogP contribution in [-0.4, -0.2) is 41.1 Å². The number of rotatable bonds is 6. The lowest BCUT2D eigenvalue weighted by atomic mass is 9.96. The molecule has 0 bridgehead atoms. The molecule has 0 atom stereocenters. The van der Waals surface area contributed by atoms with Gasteiger partial charge in [-0.25, -0.2) is 4.39 Å². The molecule has 0 spiro atoms. The monoisotopic (exact) mass is 410 g/mol. The summed E-state index contributed by atoms with van der Waals surface area (Å²) in [5, 5.41) is 7.00. The van der Waals surface area contributed by atoms with Crippen LogP contribution >= 0.6 is 0 Å². The van der Waals surface area contributed by atoms with E-state index in [1.54, 1.807) is 19.2 Å². The van der Waals surface area contributed by atoms with Crippen molar-refractivity contribution in [3.63, 3.8) is 0 Å². The van der Waals surface area contributed by atoms with Crippen LogP contribution in [0.4, 0.5) is 10.1 Å². The first kappa shape index (κ1) is 20.0. The van der Waals surface area contributed by atoms with Crippen molar-refractivity contribution in [2.24, 2.45) is 5.92 Å². The molecule has 8 heteroatoms. The predicted octanol–water partition coefficient (Wildman–Crippen LogP) is 3.74. The molecule has 1 aromatic heterocycles. The number of nitrogens with zero attached hydrogens (tertiary/aromatic N) is 3. The van der Waals surface area contributed by atoms with Gasteiger partial charge in [0, 0.05) is 23.2 Å². The Morgan fingerprint density at radius 2 is 2.00 bits per heavy atom. The summed E-state index contributed by atoms with van der Waals surface area (Å²) in [6.07, 6.45) is 1.52. The Kier molecular flexibility index (Phi) is 6.04. The Balaban J connectivity index is 1.28. The first-order valence-corrected chi connectivity index (χ1v) is 9.86. The highest BCUT2D eigenvalue weighted by atomic mass is 19.1. The molecular weight excluding hydrogens is 387 g/mol. The van der Waals surface area contributed by atoms with Crippen LogP contribution in [0.3, 0.4) is 0 Å². The number of benzene rings is 2. The summed E-state index contributed by atoms with van der Waals surface area (Å²) in [5.41, 5.74) is 1.42. The number of hydrogen-bond donors (Lipinski definition) is 1. The van der Waals surface area contributed by atoms with E-state index in [9.17, 15) is 9.18 Å². The quantitative estimate of drug-likeness (QED) is 0.667. The largest absolute Gasteiger partial charge is 0.497 e. The lowest BCUT2D eigenvalue weighted by Crippen LogP contribution is -2.38. The minimum Gasteiger partial charge on any atom is -0.497 e. The Hall–Kier alpha value is -3.26. The fourth-order valence-electron chi connectivity index (χ4n) is 3.53. The lowest BCUT2D eigenvalue weighted by Gasteiger charge is -2.30. The summed E-state index contributed by atoms with van der Waals surface area (Å²) >= 11 is 0. The molecule has 4 rings (SSSR count). The van der Waals surface area contributed by atoms with Crippen LogP contribution in [0.25, 0.3) is 11.5 Å². The van der Waals surface area contributed by atoms with E-state index in [-0.39, 0.29) is 17.6 Å². The normalized spacial score (nSPS) is 15.1. The summed E-state index contributed by atoms with van der Waals surface area (Å²) in [7, 11) is 1.60. The maximum absolute atomic E-state index is 13.1. The third-order valence-corrected chi connectivity index (χ3v) is 5.22. The van der Waals surface area contributed by atoms with Gasteiger partial charge in [0.15, 0.2) is 5.82 Å². The fourth-order valence-corrected chi connectivity index (χ4v) is 3.53. The van der Waals surface area contributed by atoms with Crippen LogP contribution in [0.2, 0.25) is 0 Å². The van der Waals surface area contributed by atoms with Crippen LogP contribution in [0.15, 0.2) is 53.1 Å². The van der Waals surface area contributed by atoms with Crippen LogP contribution in [0.1, 0.15) is 18.7 Å². The number of carbonyl (C=O) groups excluding carboxylic acids is 1. The van der Waals surface area contributed by atoms with Gasteiger partial charge in [0.05, 0.1) is 13.7 Å². The molecule has 1 amide bonds. The van der Waals surface area contributed by atoms with Crippen LogP contribution in [0, 0.1) is 11.7 Å². The van der Waals surface area contributed by atoms with E-state index in [0.29, 0.717) is 29.6 Å². The summed E-state index contributed by atoms with van der Waals surface area (Å²) < 4.78 is 23.5. The lowest BCUT2D eigenvalue weighted by molar-refractivity contribution is -0.121. The summed E-state index contributed by atoms with van der Waals surface area (Å²) in [6.45, 7) is 2.10. The van der Waals surface area contributed by atoms with Gasteiger partial charge in [-0.2, -0.15) is 4.98 Å². The molecule has 1 aliphatic rings. The van der Waals surface area contributed by atoms with E-state index in [2.05, 4.69) is 20.4 Å². The first-order chi connectivity index (χ1) is 14.6. The molecule has 0 saturated carbocycles. The van der Waals surface area contributed by atoms with Gasteiger partial charge in [0.1, 0.15) is 11.6 Å². The van der Waals surface area contributed by atoms with E-state index < -0.39 is 0 Å². The Bertz CT molecular complexity index is 998. The van der Waals surface area contributed by atoms with E-state index in [1.165, 1.54) is 12.1 Å². The van der Waals surface area contributed by atoms with E-state index in [4.69, 9.17) is 9.26 Å². The van der Waals surface area contributed by atoms with Crippen molar-refractivity contribution in [1.82, 2.24) is 15.0 Å². The zero-order valence-corrected chi connectivity index (χ0v) is 16.7. The average molecular weight is 410 g/mol. The Morgan fingerprint density at radius 1 is 1.23 bits per heavy atom. The van der Waals surface area contributed by atoms with Crippen LogP contribution in [0.5, 0.6) is 5.75 Å². The number of amides is 1. The molecule has 156 valence electrons. The molecule has 3 aromatic rings. The molecule has 1 N–H and O–H groups in total. The van der Waals surface area contributed by atoms with Gasteiger partial charge < -0.3 is 14.6 Å². The number of ether oxygens (including phenoxy) is 1. The standard InChI is InChI=1S/C22H23FN4O3/c1-29-19-4-2-3-18(13-19)24-21(28)15-9-11-27(12-10-15)14-20-25-22(30-26-20)16-5-7-17(23)8-6-16/h2-8,13,15H,9-12,14H2,1H3,(H,24,28). The average Bonchev–Trinajstić information content (AvgIpc) is 3.23. The van der Waals surface area contributed by atoms with E-state index >= 15 is 0 Å². The number of nitrogens with one attached hydrogen (secondary N) is 1. The molecule has 30 heavy (non-hydrogen) atoms. The molecule has 0 unspecified atom stereocenters. The number of hydrogen-bond acceptors (Lipinski definition) is 6. The van der Waals surface area contributed by atoms with Gasteiger partial charge in [-0.15, -0.1) is 0 Å². The van der Waals surface area contributed by atoms with E-state index in [1.807, 2.05) is 24.3 Å².